The predicted molar refractivity (Wildman–Crippen MR) is 132 cm³/mol. The molecule has 2 aliphatic heterocycles. The van der Waals surface area contributed by atoms with Crippen LogP contribution in [-0.2, 0) is 33.8 Å². The van der Waals surface area contributed by atoms with Gasteiger partial charge in [-0.25, -0.2) is 0 Å². The van der Waals surface area contributed by atoms with Crippen LogP contribution in [0.1, 0.15) is 57.2 Å². The fourth-order valence-electron chi connectivity index (χ4n) is 5.75. The van der Waals surface area contributed by atoms with Crippen LogP contribution in [-0.4, -0.2) is 69.8 Å². The summed E-state index contributed by atoms with van der Waals surface area (Å²) < 4.78 is 7.44. The highest BCUT2D eigenvalue weighted by Gasteiger charge is 2.38. The van der Waals surface area contributed by atoms with Crippen molar-refractivity contribution in [1.82, 2.24) is 14.4 Å². The van der Waals surface area contributed by atoms with E-state index in [2.05, 4.69) is 45.0 Å². The Balaban J connectivity index is 1.43. The van der Waals surface area contributed by atoms with Crippen molar-refractivity contribution in [3.8, 4) is 0 Å². The molecule has 2 aliphatic rings. The molecule has 2 fully saturated rings. The van der Waals surface area contributed by atoms with Gasteiger partial charge in [-0.1, -0.05) is 12.1 Å². The number of rotatable bonds is 10. The average molecular weight is 484 g/mol. The molecule has 0 spiro atoms. The maximum atomic E-state index is 13.5. The number of fused-ring (bicyclic) bond motifs is 1. The lowest BCUT2D eigenvalue weighted by Crippen LogP contribution is -2.48. The highest BCUT2D eigenvalue weighted by Crippen LogP contribution is 2.29. The maximum absolute atomic E-state index is 13.5. The Labute approximate surface area is 206 Å². The minimum atomic E-state index is -0.250. The Bertz CT molecular complexity index is 1070. The fraction of sp³-hybridized carbons (Fsp3) is 0.615. The minimum absolute atomic E-state index is 0.174. The molecule has 190 valence electrons. The molecule has 0 bridgehead atoms. The molecule has 0 aliphatic carbocycles. The van der Waals surface area contributed by atoms with E-state index in [1.54, 1.807) is 6.92 Å². The van der Waals surface area contributed by atoms with Crippen LogP contribution in [0.4, 0.5) is 0 Å². The van der Waals surface area contributed by atoms with Gasteiger partial charge in [-0.15, -0.1) is 5.11 Å². The molecule has 0 saturated carbocycles. The number of ether oxygens (including phenoxy) is 1. The summed E-state index contributed by atoms with van der Waals surface area (Å²) in [6, 6.07) is 8.49. The summed E-state index contributed by atoms with van der Waals surface area (Å²) >= 11 is 0. The molecule has 0 radical (unpaired) electrons. The monoisotopic (exact) mass is 483 g/mol. The van der Waals surface area contributed by atoms with Gasteiger partial charge >= 0.3 is 5.97 Å². The molecule has 2 atom stereocenters. The Kier molecular flexibility index (Phi) is 8.38. The molecular weight excluding hydrogens is 446 g/mol. The molecule has 2 saturated heterocycles. The van der Waals surface area contributed by atoms with E-state index in [9.17, 15) is 9.59 Å². The van der Waals surface area contributed by atoms with Gasteiger partial charge in [-0.3, -0.25) is 14.5 Å². The lowest BCUT2D eigenvalue weighted by Gasteiger charge is -2.31. The molecule has 9 nitrogen and oxygen atoms in total. The van der Waals surface area contributed by atoms with Gasteiger partial charge < -0.3 is 19.4 Å². The van der Waals surface area contributed by atoms with Gasteiger partial charge in [0.2, 0.25) is 5.91 Å². The zero-order valence-electron chi connectivity index (χ0n) is 20.9. The zero-order chi connectivity index (χ0) is 24.8. The Morgan fingerprint density at radius 1 is 1.14 bits per heavy atom. The summed E-state index contributed by atoms with van der Waals surface area (Å²) in [5.74, 6) is -0.0758. The quantitative estimate of drug-likeness (QED) is 0.313. The topological polar surface area (TPSA) is 99.7 Å². The van der Waals surface area contributed by atoms with Crippen LogP contribution in [0.3, 0.4) is 0 Å². The van der Waals surface area contributed by atoms with E-state index in [1.165, 1.54) is 11.1 Å². The van der Waals surface area contributed by atoms with E-state index in [1.807, 2.05) is 11.0 Å². The number of aromatic nitrogens is 1. The van der Waals surface area contributed by atoms with Crippen LogP contribution < -0.4 is 0 Å². The van der Waals surface area contributed by atoms with Gasteiger partial charge in [0.15, 0.2) is 0 Å². The Morgan fingerprint density at radius 2 is 1.97 bits per heavy atom. The molecule has 1 N–H and O–H groups in total. The van der Waals surface area contributed by atoms with Crippen molar-refractivity contribution in [3.63, 3.8) is 0 Å². The molecule has 1 amide bonds. The standard InChI is InChI=1S/C26H37N5O4/c1-3-30-22(16-20-10-9-19(15-24(20)30)17-27-28-34)12-11-21-7-5-14-31(21)26(33)23-8-6-13-29(23)18-25(32)35-4-2/h9-10,15-16,21,23H,3-8,11-14,17-18H2,1-2H3,(H,27,34). The number of nitrogens with zero attached hydrogens (tertiary/aromatic N) is 5. The van der Waals surface area contributed by atoms with Gasteiger partial charge in [-0.2, -0.15) is 0 Å². The molecule has 2 unspecified atom stereocenters. The number of amides is 1. The Morgan fingerprint density at radius 3 is 2.74 bits per heavy atom. The van der Waals surface area contributed by atoms with Crippen molar-refractivity contribution in [2.75, 3.05) is 26.2 Å². The van der Waals surface area contributed by atoms with E-state index < -0.39 is 0 Å². The smallest absolute Gasteiger partial charge is 0.320 e. The summed E-state index contributed by atoms with van der Waals surface area (Å²) in [5.41, 5.74) is 3.44. The van der Waals surface area contributed by atoms with Crippen LogP contribution in [0.15, 0.2) is 34.7 Å². The van der Waals surface area contributed by atoms with Crippen molar-refractivity contribution in [2.24, 2.45) is 10.4 Å². The maximum Gasteiger partial charge on any atom is 0.320 e. The number of likely N-dealkylation sites (tertiary alicyclic amines) is 2. The first-order chi connectivity index (χ1) is 17.0. The summed E-state index contributed by atoms with van der Waals surface area (Å²) in [6.07, 6.45) is 5.63. The molecule has 3 heterocycles. The van der Waals surface area contributed by atoms with Crippen LogP contribution in [0.5, 0.6) is 0 Å². The summed E-state index contributed by atoms with van der Waals surface area (Å²) in [5, 5.41) is 16.4. The first-order valence-corrected chi connectivity index (χ1v) is 12.9. The van der Waals surface area contributed by atoms with E-state index in [0.717, 1.165) is 69.2 Å². The molecule has 1 aromatic heterocycles. The summed E-state index contributed by atoms with van der Waals surface area (Å²) in [7, 11) is 0. The second-order valence-electron chi connectivity index (χ2n) is 9.46. The highest BCUT2D eigenvalue weighted by atomic mass is 16.5. The van der Waals surface area contributed by atoms with Crippen LogP contribution in [0.25, 0.3) is 10.9 Å². The van der Waals surface area contributed by atoms with Crippen molar-refractivity contribution in [3.05, 3.63) is 35.5 Å². The van der Waals surface area contributed by atoms with E-state index in [0.29, 0.717) is 13.2 Å². The molecule has 2 aromatic rings. The molecular formula is C26H37N5O4. The molecule has 9 heteroatoms. The van der Waals surface area contributed by atoms with Crippen molar-refractivity contribution < 1.29 is 19.5 Å². The zero-order valence-corrected chi connectivity index (χ0v) is 20.9. The third-order valence-corrected chi connectivity index (χ3v) is 7.37. The number of carbonyl (C=O) groups excluding carboxylic acids is 2. The van der Waals surface area contributed by atoms with E-state index in [-0.39, 0.29) is 30.5 Å². The second-order valence-corrected chi connectivity index (χ2v) is 9.46. The SMILES string of the molecule is CCOC(=O)CN1CCCC1C(=O)N1CCCC1CCc1cc2ccc(CN=NO)cc2n1CC. The number of hydrogen-bond donors (Lipinski definition) is 1. The van der Waals surface area contributed by atoms with Gasteiger partial charge in [0.05, 0.1) is 25.7 Å². The number of esters is 1. The predicted octanol–water partition coefficient (Wildman–Crippen LogP) is 3.95. The average Bonchev–Trinajstić information content (AvgIpc) is 3.59. The van der Waals surface area contributed by atoms with Gasteiger partial charge in [-0.05, 0) is 82.0 Å². The van der Waals surface area contributed by atoms with Gasteiger partial charge in [0, 0.05) is 35.6 Å². The van der Waals surface area contributed by atoms with Crippen LogP contribution in [0.2, 0.25) is 0 Å². The van der Waals surface area contributed by atoms with E-state index >= 15 is 0 Å². The normalized spacial score (nSPS) is 20.9. The van der Waals surface area contributed by atoms with Crippen molar-refractivity contribution in [1.29, 1.82) is 0 Å². The lowest BCUT2D eigenvalue weighted by molar-refractivity contribution is -0.146. The van der Waals surface area contributed by atoms with Crippen molar-refractivity contribution >= 4 is 22.8 Å². The molecule has 4 rings (SSSR count). The van der Waals surface area contributed by atoms with Gasteiger partial charge in [0.1, 0.15) is 0 Å². The van der Waals surface area contributed by atoms with Gasteiger partial charge in [0.25, 0.3) is 0 Å². The lowest BCUT2D eigenvalue weighted by atomic mass is 10.1. The van der Waals surface area contributed by atoms with Crippen LogP contribution >= 0.6 is 0 Å². The number of carbonyl (C=O) groups is 2. The number of benzene rings is 1. The van der Waals surface area contributed by atoms with Crippen LogP contribution in [0, 0.1) is 0 Å². The first-order valence-electron chi connectivity index (χ1n) is 12.9. The largest absolute Gasteiger partial charge is 0.465 e. The first kappa shape index (κ1) is 25.2. The third kappa shape index (κ3) is 5.66. The third-order valence-electron chi connectivity index (χ3n) is 7.37. The van der Waals surface area contributed by atoms with Crippen molar-refractivity contribution in [2.45, 2.75) is 77.5 Å². The van der Waals surface area contributed by atoms with E-state index in [4.69, 9.17) is 9.94 Å². The minimum Gasteiger partial charge on any atom is -0.465 e. The summed E-state index contributed by atoms with van der Waals surface area (Å²) in [4.78, 5) is 29.6. The fourth-order valence-corrected chi connectivity index (χ4v) is 5.75. The number of aryl methyl sites for hydroxylation is 2. The molecule has 35 heavy (non-hydrogen) atoms. The summed E-state index contributed by atoms with van der Waals surface area (Å²) in [6.45, 7) is 7.29. The number of hydrogen-bond acceptors (Lipinski definition) is 6. The Hall–Kier alpha value is -2.94. The molecule has 1 aromatic carbocycles. The highest BCUT2D eigenvalue weighted by molar-refractivity contribution is 5.84. The second kappa shape index (κ2) is 11.7.